The molecule has 0 heterocycles. The van der Waals surface area contributed by atoms with Crippen molar-refractivity contribution < 1.29 is 27.5 Å². The van der Waals surface area contributed by atoms with Crippen LogP contribution >= 0.6 is 0 Å². The highest BCUT2D eigenvalue weighted by Crippen LogP contribution is 2.17. The molecule has 2 N–H and O–H groups in total. The Morgan fingerprint density at radius 1 is 1.06 bits per heavy atom. The molecule has 0 saturated heterocycles. The average molecular weight is 492 g/mol. The number of rotatable bonds is 10. The monoisotopic (exact) mass is 491 g/mol. The summed E-state index contributed by atoms with van der Waals surface area (Å²) in [6.45, 7) is 7.98. The number of hydrogen-bond acceptors (Lipinski definition) is 6. The van der Waals surface area contributed by atoms with Gasteiger partial charge in [-0.2, -0.15) is 0 Å². The maximum absolute atomic E-state index is 12.4. The van der Waals surface area contributed by atoms with Gasteiger partial charge in [0.25, 0.3) is 0 Å². The summed E-state index contributed by atoms with van der Waals surface area (Å²) in [7, 11) is -2.10. The minimum atomic E-state index is -3.74. The van der Waals surface area contributed by atoms with Crippen LogP contribution in [0.25, 0.3) is 0 Å². The lowest BCUT2D eigenvalue weighted by Crippen LogP contribution is -2.33. The first-order chi connectivity index (χ1) is 15.9. The van der Waals surface area contributed by atoms with Gasteiger partial charge in [0.2, 0.25) is 15.9 Å². The van der Waals surface area contributed by atoms with Gasteiger partial charge in [-0.05, 0) is 69.7 Å². The molecule has 0 atom stereocenters. The van der Waals surface area contributed by atoms with Crippen LogP contribution in [0.1, 0.15) is 39.7 Å². The van der Waals surface area contributed by atoms with Gasteiger partial charge in [0.05, 0.1) is 11.5 Å². The first kappa shape index (κ1) is 27.1. The molecule has 2 rings (SSSR count). The topological polar surface area (TPSA) is 114 Å². The highest BCUT2D eigenvalue weighted by atomic mass is 32.2. The highest BCUT2D eigenvalue weighted by molar-refractivity contribution is 7.89. The number of nitrogens with zero attached hydrogens (tertiary/aromatic N) is 1. The summed E-state index contributed by atoms with van der Waals surface area (Å²) in [6, 6.07) is 13.1. The Morgan fingerprint density at radius 2 is 1.74 bits per heavy atom. The minimum absolute atomic E-state index is 0.0434. The Balaban J connectivity index is 1.86. The lowest BCUT2D eigenvalue weighted by molar-refractivity contribution is -0.116. The molecule has 34 heavy (non-hydrogen) atoms. The molecule has 0 aliphatic rings. The fraction of sp³-hybridized carbons (Fsp3) is 0.417. The largest absolute Gasteiger partial charge is 0.494 e. The Hall–Kier alpha value is -3.11. The zero-order valence-corrected chi connectivity index (χ0v) is 21.1. The molecule has 0 aromatic heterocycles. The molecule has 186 valence electrons. The van der Waals surface area contributed by atoms with Crippen molar-refractivity contribution in [2.24, 2.45) is 0 Å². The third-order valence-corrected chi connectivity index (χ3v) is 5.90. The molecule has 0 saturated carbocycles. The Labute approximate surface area is 201 Å². The fourth-order valence-corrected chi connectivity index (χ4v) is 3.94. The summed E-state index contributed by atoms with van der Waals surface area (Å²) < 4.78 is 37.9. The number of anilines is 1. The van der Waals surface area contributed by atoms with Crippen LogP contribution in [0, 0.1) is 0 Å². The summed E-state index contributed by atoms with van der Waals surface area (Å²) in [5, 5.41) is 2.75. The van der Waals surface area contributed by atoms with Crippen LogP contribution in [-0.4, -0.2) is 51.1 Å². The van der Waals surface area contributed by atoms with Crippen molar-refractivity contribution in [3.63, 3.8) is 0 Å². The van der Waals surface area contributed by atoms with Gasteiger partial charge >= 0.3 is 6.09 Å². The van der Waals surface area contributed by atoms with Crippen LogP contribution < -0.4 is 14.8 Å². The van der Waals surface area contributed by atoms with Crippen molar-refractivity contribution in [3.05, 3.63) is 54.1 Å². The van der Waals surface area contributed by atoms with E-state index in [2.05, 4.69) is 10.0 Å². The van der Waals surface area contributed by atoms with Crippen molar-refractivity contribution in [2.75, 3.05) is 25.5 Å². The van der Waals surface area contributed by atoms with Gasteiger partial charge in [0, 0.05) is 32.2 Å². The SMILES string of the molecule is CCOc1ccc(S(=O)(=O)NCCC(=O)Nc2cccc(CN(C)C(=O)OC(C)(C)C)c2)cc1. The van der Waals surface area contributed by atoms with Gasteiger partial charge in [-0.3, -0.25) is 4.79 Å². The molecule has 2 amide bonds. The summed E-state index contributed by atoms with van der Waals surface area (Å²) in [5.41, 5.74) is 0.770. The third kappa shape index (κ3) is 9.03. The maximum atomic E-state index is 12.4. The molecule has 2 aromatic rings. The van der Waals surface area contributed by atoms with Gasteiger partial charge in [-0.15, -0.1) is 0 Å². The van der Waals surface area contributed by atoms with Crippen LogP contribution in [0.2, 0.25) is 0 Å². The molecule has 0 unspecified atom stereocenters. The van der Waals surface area contributed by atoms with E-state index in [1.54, 1.807) is 58.2 Å². The highest BCUT2D eigenvalue weighted by Gasteiger charge is 2.20. The van der Waals surface area contributed by atoms with E-state index in [4.69, 9.17) is 9.47 Å². The smallest absolute Gasteiger partial charge is 0.410 e. The number of benzene rings is 2. The van der Waals surface area contributed by atoms with Gasteiger partial charge in [0.15, 0.2) is 0 Å². The molecule has 9 nitrogen and oxygen atoms in total. The van der Waals surface area contributed by atoms with E-state index in [1.165, 1.54) is 17.0 Å². The van der Waals surface area contributed by atoms with Gasteiger partial charge in [0.1, 0.15) is 11.4 Å². The van der Waals surface area contributed by atoms with Gasteiger partial charge in [-0.1, -0.05) is 12.1 Å². The molecule has 0 radical (unpaired) electrons. The van der Waals surface area contributed by atoms with Crippen LogP contribution in [0.15, 0.2) is 53.4 Å². The van der Waals surface area contributed by atoms with Crippen molar-refractivity contribution in [1.82, 2.24) is 9.62 Å². The number of nitrogens with one attached hydrogen (secondary N) is 2. The van der Waals surface area contributed by atoms with E-state index in [1.807, 2.05) is 13.0 Å². The quantitative estimate of drug-likeness (QED) is 0.523. The van der Waals surface area contributed by atoms with Crippen molar-refractivity contribution >= 4 is 27.7 Å². The molecule has 0 spiro atoms. The second-order valence-corrected chi connectivity index (χ2v) is 10.4. The lowest BCUT2D eigenvalue weighted by atomic mass is 10.2. The first-order valence-corrected chi connectivity index (χ1v) is 12.4. The summed E-state index contributed by atoms with van der Waals surface area (Å²) >= 11 is 0. The van der Waals surface area contributed by atoms with Crippen molar-refractivity contribution in [2.45, 2.75) is 51.2 Å². The van der Waals surface area contributed by atoms with E-state index in [9.17, 15) is 18.0 Å². The van der Waals surface area contributed by atoms with Gasteiger partial charge in [-0.25, -0.2) is 17.9 Å². The summed E-state index contributed by atoms with van der Waals surface area (Å²) in [6.07, 6.45) is -0.486. The minimum Gasteiger partial charge on any atom is -0.494 e. The van der Waals surface area contributed by atoms with E-state index >= 15 is 0 Å². The predicted octanol–water partition coefficient (Wildman–Crippen LogP) is 3.76. The number of ether oxygens (including phenoxy) is 2. The first-order valence-electron chi connectivity index (χ1n) is 10.9. The van der Waals surface area contributed by atoms with E-state index in [0.717, 1.165) is 5.56 Å². The predicted molar refractivity (Wildman–Crippen MR) is 130 cm³/mol. The molecular weight excluding hydrogens is 458 g/mol. The molecular formula is C24H33N3O6S. The van der Waals surface area contributed by atoms with Crippen LogP contribution in [0.4, 0.5) is 10.5 Å². The third-order valence-electron chi connectivity index (χ3n) is 4.42. The van der Waals surface area contributed by atoms with Crippen LogP contribution in [0.3, 0.4) is 0 Å². The zero-order valence-electron chi connectivity index (χ0n) is 20.3. The molecule has 0 fully saturated rings. The Morgan fingerprint density at radius 3 is 2.35 bits per heavy atom. The Bertz CT molecular complexity index is 1080. The molecule has 0 aliphatic heterocycles. The Kier molecular flexibility index (Phi) is 9.46. The van der Waals surface area contributed by atoms with E-state index in [-0.39, 0.29) is 23.8 Å². The van der Waals surface area contributed by atoms with E-state index < -0.39 is 21.7 Å². The second kappa shape index (κ2) is 11.8. The molecule has 10 heteroatoms. The lowest BCUT2D eigenvalue weighted by Gasteiger charge is -2.24. The second-order valence-electron chi connectivity index (χ2n) is 8.64. The number of carbonyl (C=O) groups is 2. The van der Waals surface area contributed by atoms with Crippen molar-refractivity contribution in [3.8, 4) is 5.75 Å². The number of carbonyl (C=O) groups excluding carboxylic acids is 2. The summed E-state index contributed by atoms with van der Waals surface area (Å²) in [5.74, 6) is 0.243. The number of amides is 2. The number of sulfonamides is 1. The standard InChI is InChI=1S/C24H33N3O6S/c1-6-32-20-10-12-21(13-11-20)34(30,31)25-15-14-22(28)26-19-9-7-8-18(16-19)17-27(5)23(29)33-24(2,3)4/h7-13,16,25H,6,14-15,17H2,1-5H3,(H,26,28). The fourth-order valence-electron chi connectivity index (χ4n) is 2.91. The molecule has 2 aromatic carbocycles. The normalized spacial score (nSPS) is 11.6. The summed E-state index contributed by atoms with van der Waals surface area (Å²) in [4.78, 5) is 26.0. The maximum Gasteiger partial charge on any atom is 0.410 e. The van der Waals surface area contributed by atoms with E-state index in [0.29, 0.717) is 24.6 Å². The average Bonchev–Trinajstić information content (AvgIpc) is 2.73. The zero-order chi connectivity index (χ0) is 25.4. The van der Waals surface area contributed by atoms with Crippen LogP contribution in [-0.2, 0) is 26.1 Å². The number of hydrogen-bond donors (Lipinski definition) is 2. The van der Waals surface area contributed by atoms with Gasteiger partial charge < -0.3 is 19.7 Å². The molecule has 0 aliphatic carbocycles. The van der Waals surface area contributed by atoms with Crippen molar-refractivity contribution in [1.29, 1.82) is 0 Å². The molecule has 0 bridgehead atoms. The van der Waals surface area contributed by atoms with Crippen LogP contribution in [0.5, 0.6) is 5.75 Å².